The van der Waals surface area contributed by atoms with Gasteiger partial charge in [-0.1, -0.05) is 24.3 Å². The summed E-state index contributed by atoms with van der Waals surface area (Å²) in [5.74, 6) is -0.456. The molecule has 1 amide bonds. The Morgan fingerprint density at radius 3 is 2.75 bits per heavy atom. The predicted molar refractivity (Wildman–Crippen MR) is 109 cm³/mol. The summed E-state index contributed by atoms with van der Waals surface area (Å²) in [6.07, 6.45) is 0. The lowest BCUT2D eigenvalue weighted by Crippen LogP contribution is -2.34. The molecule has 6 nitrogen and oxygen atoms in total. The number of aryl methyl sites for hydroxylation is 2. The highest BCUT2D eigenvalue weighted by molar-refractivity contribution is 7.10. The number of carbonyl (C=O) groups is 1. The summed E-state index contributed by atoms with van der Waals surface area (Å²) >= 11 is 1.60. The van der Waals surface area contributed by atoms with Gasteiger partial charge in [-0.2, -0.15) is 5.10 Å². The van der Waals surface area contributed by atoms with Crippen molar-refractivity contribution < 1.29 is 9.21 Å². The van der Waals surface area contributed by atoms with Gasteiger partial charge >= 0.3 is 5.63 Å². The molecule has 1 aromatic carbocycles. The van der Waals surface area contributed by atoms with E-state index in [1.165, 1.54) is 0 Å². The molecule has 0 aliphatic rings. The van der Waals surface area contributed by atoms with Crippen LogP contribution in [-0.4, -0.2) is 22.2 Å². The molecule has 28 heavy (non-hydrogen) atoms. The fourth-order valence-corrected chi connectivity index (χ4v) is 4.07. The van der Waals surface area contributed by atoms with E-state index >= 15 is 0 Å². The first-order chi connectivity index (χ1) is 13.5. The molecular formula is C21H19N3O3S. The fourth-order valence-electron chi connectivity index (χ4n) is 3.25. The van der Waals surface area contributed by atoms with E-state index in [1.807, 2.05) is 48.2 Å². The molecule has 1 atom stereocenters. The molecule has 142 valence electrons. The van der Waals surface area contributed by atoms with Crippen LogP contribution in [0, 0.1) is 13.8 Å². The minimum atomic E-state index is -0.644. The third-order valence-electron chi connectivity index (χ3n) is 4.55. The van der Waals surface area contributed by atoms with Crippen LogP contribution in [0.3, 0.4) is 0 Å². The quantitative estimate of drug-likeness (QED) is 0.525. The summed E-state index contributed by atoms with van der Waals surface area (Å²) in [6.45, 7) is 4.24. The van der Waals surface area contributed by atoms with Crippen molar-refractivity contribution in [2.75, 3.05) is 6.54 Å². The standard InChI is InChI=1S/C21H19N3O3S/c1-13-10-14(2)24(23-13)17(19-8-5-9-28-19)12-22-20(25)16-11-15-6-3-4-7-18(15)27-21(16)26/h3-11,17H,12H2,1-2H3,(H,22,25). The van der Waals surface area contributed by atoms with Crippen molar-refractivity contribution in [1.82, 2.24) is 15.1 Å². The van der Waals surface area contributed by atoms with Crippen molar-refractivity contribution in [2.24, 2.45) is 0 Å². The Kier molecular flexibility index (Phi) is 4.83. The highest BCUT2D eigenvalue weighted by atomic mass is 32.1. The molecule has 0 spiro atoms. The minimum Gasteiger partial charge on any atom is -0.422 e. The molecule has 4 rings (SSSR count). The molecule has 0 saturated carbocycles. The van der Waals surface area contributed by atoms with Crippen LogP contribution in [-0.2, 0) is 0 Å². The van der Waals surface area contributed by atoms with Crippen LogP contribution in [0.2, 0.25) is 0 Å². The van der Waals surface area contributed by atoms with E-state index < -0.39 is 11.5 Å². The number of aromatic nitrogens is 2. The molecule has 7 heteroatoms. The van der Waals surface area contributed by atoms with Crippen molar-refractivity contribution in [2.45, 2.75) is 19.9 Å². The van der Waals surface area contributed by atoms with E-state index in [2.05, 4.69) is 10.4 Å². The Hall–Kier alpha value is -3.19. The van der Waals surface area contributed by atoms with Crippen molar-refractivity contribution >= 4 is 28.2 Å². The van der Waals surface area contributed by atoms with Crippen LogP contribution in [0.25, 0.3) is 11.0 Å². The van der Waals surface area contributed by atoms with Crippen LogP contribution in [0.5, 0.6) is 0 Å². The highest BCUT2D eigenvalue weighted by Crippen LogP contribution is 2.24. The Bertz CT molecular complexity index is 1190. The highest BCUT2D eigenvalue weighted by Gasteiger charge is 2.21. The molecule has 0 aliphatic heterocycles. The zero-order valence-corrected chi connectivity index (χ0v) is 16.3. The van der Waals surface area contributed by atoms with Gasteiger partial charge in [0.25, 0.3) is 5.91 Å². The molecule has 4 aromatic rings. The summed E-state index contributed by atoms with van der Waals surface area (Å²) in [5.41, 5.74) is 1.74. The predicted octanol–water partition coefficient (Wildman–Crippen LogP) is 3.69. The number of para-hydroxylation sites is 1. The number of fused-ring (bicyclic) bond motifs is 1. The van der Waals surface area contributed by atoms with Gasteiger partial charge < -0.3 is 9.73 Å². The van der Waals surface area contributed by atoms with E-state index in [-0.39, 0.29) is 11.6 Å². The van der Waals surface area contributed by atoms with Gasteiger partial charge in [0.15, 0.2) is 0 Å². The Labute approximate surface area is 165 Å². The van der Waals surface area contributed by atoms with Gasteiger partial charge in [-0.3, -0.25) is 9.48 Å². The van der Waals surface area contributed by atoms with Crippen molar-refractivity contribution in [1.29, 1.82) is 0 Å². The van der Waals surface area contributed by atoms with E-state index in [1.54, 1.807) is 35.6 Å². The van der Waals surface area contributed by atoms with E-state index in [0.717, 1.165) is 16.3 Å². The largest absolute Gasteiger partial charge is 0.422 e. The SMILES string of the molecule is Cc1cc(C)n(C(CNC(=O)c2cc3ccccc3oc2=O)c2cccs2)n1. The van der Waals surface area contributed by atoms with E-state index in [0.29, 0.717) is 17.5 Å². The van der Waals surface area contributed by atoms with Crippen molar-refractivity contribution in [3.8, 4) is 0 Å². The molecule has 0 bridgehead atoms. The van der Waals surface area contributed by atoms with E-state index in [4.69, 9.17) is 4.42 Å². The topological polar surface area (TPSA) is 77.1 Å². The Morgan fingerprint density at radius 2 is 2.04 bits per heavy atom. The Balaban J connectivity index is 1.61. The van der Waals surface area contributed by atoms with Gasteiger partial charge in [0.05, 0.1) is 5.69 Å². The van der Waals surface area contributed by atoms with Crippen LogP contribution in [0.4, 0.5) is 0 Å². The fraction of sp³-hybridized carbons (Fsp3) is 0.190. The molecule has 0 aliphatic carbocycles. The first-order valence-electron chi connectivity index (χ1n) is 8.90. The molecular weight excluding hydrogens is 374 g/mol. The lowest BCUT2D eigenvalue weighted by molar-refractivity contribution is 0.0945. The summed E-state index contributed by atoms with van der Waals surface area (Å²) in [7, 11) is 0. The monoisotopic (exact) mass is 393 g/mol. The van der Waals surface area contributed by atoms with Gasteiger partial charge in [-0.25, -0.2) is 4.79 Å². The number of rotatable bonds is 5. The second-order valence-corrected chi connectivity index (χ2v) is 7.58. The molecule has 0 radical (unpaired) electrons. The summed E-state index contributed by atoms with van der Waals surface area (Å²) < 4.78 is 7.18. The number of nitrogens with one attached hydrogen (secondary N) is 1. The first kappa shape index (κ1) is 18.2. The summed E-state index contributed by atoms with van der Waals surface area (Å²) in [5, 5.41) is 10.1. The molecule has 1 N–H and O–H groups in total. The number of benzene rings is 1. The number of hydrogen-bond acceptors (Lipinski definition) is 5. The smallest absolute Gasteiger partial charge is 0.349 e. The zero-order chi connectivity index (χ0) is 19.7. The summed E-state index contributed by atoms with van der Waals surface area (Å²) in [4.78, 5) is 26.0. The molecule has 0 fully saturated rings. The molecule has 1 unspecified atom stereocenters. The first-order valence-corrected chi connectivity index (χ1v) is 9.78. The van der Waals surface area contributed by atoms with Gasteiger partial charge in [0, 0.05) is 22.5 Å². The third-order valence-corrected chi connectivity index (χ3v) is 5.53. The average molecular weight is 393 g/mol. The maximum absolute atomic E-state index is 12.7. The number of thiophene rings is 1. The lowest BCUT2D eigenvalue weighted by Gasteiger charge is -2.18. The van der Waals surface area contributed by atoms with Gasteiger partial charge in [0.2, 0.25) is 0 Å². The summed E-state index contributed by atoms with van der Waals surface area (Å²) in [6, 6.07) is 14.5. The van der Waals surface area contributed by atoms with Crippen LogP contribution in [0.15, 0.2) is 63.1 Å². The van der Waals surface area contributed by atoms with Gasteiger partial charge in [-0.15, -0.1) is 11.3 Å². The minimum absolute atomic E-state index is 0.00278. The normalized spacial score (nSPS) is 12.2. The number of hydrogen-bond donors (Lipinski definition) is 1. The molecule has 3 heterocycles. The van der Waals surface area contributed by atoms with Crippen LogP contribution < -0.4 is 10.9 Å². The van der Waals surface area contributed by atoms with Gasteiger partial charge in [-0.05, 0) is 43.5 Å². The number of carbonyl (C=O) groups excluding carboxylic acids is 1. The number of amides is 1. The van der Waals surface area contributed by atoms with Crippen molar-refractivity contribution in [3.05, 3.63) is 86.2 Å². The molecule has 0 saturated heterocycles. The second kappa shape index (κ2) is 7.44. The average Bonchev–Trinajstić information content (AvgIpc) is 3.31. The third kappa shape index (κ3) is 3.48. The second-order valence-electron chi connectivity index (χ2n) is 6.60. The lowest BCUT2D eigenvalue weighted by atomic mass is 10.1. The Morgan fingerprint density at radius 1 is 1.21 bits per heavy atom. The maximum atomic E-state index is 12.7. The molecule has 3 aromatic heterocycles. The van der Waals surface area contributed by atoms with Crippen LogP contribution >= 0.6 is 11.3 Å². The number of nitrogens with zero attached hydrogens (tertiary/aromatic N) is 2. The maximum Gasteiger partial charge on any atom is 0.349 e. The van der Waals surface area contributed by atoms with E-state index in [9.17, 15) is 9.59 Å². The van der Waals surface area contributed by atoms with Gasteiger partial charge in [0.1, 0.15) is 17.2 Å². The van der Waals surface area contributed by atoms with Crippen LogP contribution in [0.1, 0.15) is 32.7 Å². The zero-order valence-electron chi connectivity index (χ0n) is 15.5. The van der Waals surface area contributed by atoms with Crippen molar-refractivity contribution in [3.63, 3.8) is 0 Å².